The number of anilines is 1. The molecule has 3 aromatic rings. The van der Waals surface area contributed by atoms with E-state index in [1.54, 1.807) is 11.3 Å². The van der Waals surface area contributed by atoms with Crippen molar-refractivity contribution in [2.45, 2.75) is 13.1 Å². The zero-order chi connectivity index (χ0) is 24.0. The quantitative estimate of drug-likeness (QED) is 0.544. The van der Waals surface area contributed by atoms with Crippen molar-refractivity contribution in [1.29, 1.82) is 0 Å². The lowest BCUT2D eigenvalue weighted by Crippen LogP contribution is -2.43. The number of likely N-dealkylation sites (N-methyl/N-ethyl adjacent to an activating group) is 1. The lowest BCUT2D eigenvalue weighted by Gasteiger charge is -2.32. The lowest BCUT2D eigenvalue weighted by atomic mass is 10.1. The molecule has 0 spiro atoms. The third kappa shape index (κ3) is 6.11. The lowest BCUT2D eigenvalue weighted by molar-refractivity contribution is 0.0955. The Morgan fingerprint density at radius 2 is 1.60 bits per heavy atom. The third-order valence-corrected chi connectivity index (χ3v) is 7.99. The first-order valence-electron chi connectivity index (χ1n) is 12.4. The van der Waals surface area contributed by atoms with Crippen LogP contribution < -0.4 is 10.2 Å². The van der Waals surface area contributed by atoms with E-state index in [0.29, 0.717) is 6.54 Å². The van der Waals surface area contributed by atoms with Gasteiger partial charge in [0.15, 0.2) is 0 Å². The second-order valence-electron chi connectivity index (χ2n) is 9.37. The standard InChI is InChI=1S/C28H34N4O2S/c1-30-11-13-31(14-12-30)21-23-9-7-22(8-10-23)20-29-27(33)26-19-25(24-5-3-2-4-6-24)28(35-26)32-15-17-34-18-16-32/h2-10,19H,11-18,20-21H2,1H3,(H,29,33). The maximum atomic E-state index is 13.1. The molecule has 0 bridgehead atoms. The van der Waals surface area contributed by atoms with Crippen molar-refractivity contribution >= 4 is 22.2 Å². The van der Waals surface area contributed by atoms with Crippen molar-refractivity contribution in [3.05, 3.63) is 76.7 Å². The van der Waals surface area contributed by atoms with Gasteiger partial charge in [0.05, 0.1) is 23.1 Å². The van der Waals surface area contributed by atoms with Gasteiger partial charge in [0.1, 0.15) is 0 Å². The van der Waals surface area contributed by atoms with E-state index in [1.807, 2.05) is 24.3 Å². The van der Waals surface area contributed by atoms with E-state index in [-0.39, 0.29) is 5.91 Å². The number of hydrogen-bond acceptors (Lipinski definition) is 6. The van der Waals surface area contributed by atoms with Crippen LogP contribution in [0.25, 0.3) is 11.1 Å². The number of nitrogens with one attached hydrogen (secondary N) is 1. The predicted molar refractivity (Wildman–Crippen MR) is 143 cm³/mol. The minimum absolute atomic E-state index is 0.0202. The number of nitrogens with zero attached hydrogens (tertiary/aromatic N) is 3. The maximum absolute atomic E-state index is 13.1. The number of morpholine rings is 1. The Kier molecular flexibility index (Phi) is 7.79. The molecule has 7 heteroatoms. The molecule has 0 radical (unpaired) electrons. The van der Waals surface area contributed by atoms with Crippen molar-refractivity contribution in [3.8, 4) is 11.1 Å². The predicted octanol–water partition coefficient (Wildman–Crippen LogP) is 3.93. The Balaban J connectivity index is 1.23. The second kappa shape index (κ2) is 11.4. The van der Waals surface area contributed by atoms with E-state index in [0.717, 1.165) is 85.6 Å². The highest BCUT2D eigenvalue weighted by atomic mass is 32.1. The molecule has 35 heavy (non-hydrogen) atoms. The summed E-state index contributed by atoms with van der Waals surface area (Å²) >= 11 is 1.58. The van der Waals surface area contributed by atoms with Crippen LogP contribution in [0.3, 0.4) is 0 Å². The molecule has 3 heterocycles. The van der Waals surface area contributed by atoms with Crippen molar-refractivity contribution in [2.24, 2.45) is 0 Å². The van der Waals surface area contributed by atoms with Gasteiger partial charge < -0.3 is 19.9 Å². The van der Waals surface area contributed by atoms with Crippen molar-refractivity contribution in [2.75, 3.05) is 64.4 Å². The highest BCUT2D eigenvalue weighted by molar-refractivity contribution is 7.18. The van der Waals surface area contributed by atoms with Gasteiger partial charge >= 0.3 is 0 Å². The topological polar surface area (TPSA) is 48.0 Å². The molecular weight excluding hydrogens is 456 g/mol. The van der Waals surface area contributed by atoms with Crippen LogP contribution in [0.2, 0.25) is 0 Å². The summed E-state index contributed by atoms with van der Waals surface area (Å²) in [6.45, 7) is 9.15. The number of carbonyl (C=O) groups is 1. The maximum Gasteiger partial charge on any atom is 0.261 e. The monoisotopic (exact) mass is 490 g/mol. The van der Waals surface area contributed by atoms with E-state index in [4.69, 9.17) is 4.74 Å². The molecule has 0 saturated carbocycles. The molecular formula is C28H34N4O2S. The van der Waals surface area contributed by atoms with Crippen LogP contribution in [0.15, 0.2) is 60.7 Å². The van der Waals surface area contributed by atoms with Gasteiger partial charge in [0.2, 0.25) is 0 Å². The Labute approximate surface area is 212 Å². The van der Waals surface area contributed by atoms with Crippen LogP contribution in [0.4, 0.5) is 5.00 Å². The van der Waals surface area contributed by atoms with E-state index < -0.39 is 0 Å². The smallest absolute Gasteiger partial charge is 0.261 e. The Bertz CT molecular complexity index is 1100. The van der Waals surface area contributed by atoms with Gasteiger partial charge in [-0.2, -0.15) is 0 Å². The van der Waals surface area contributed by atoms with Crippen LogP contribution in [-0.2, 0) is 17.8 Å². The van der Waals surface area contributed by atoms with Gasteiger partial charge in [-0.25, -0.2) is 0 Å². The number of rotatable bonds is 7. The normalized spacial score (nSPS) is 17.5. The molecule has 1 amide bonds. The summed E-state index contributed by atoms with van der Waals surface area (Å²) in [6.07, 6.45) is 0. The van der Waals surface area contributed by atoms with E-state index in [9.17, 15) is 4.79 Å². The number of piperazine rings is 1. The highest BCUT2D eigenvalue weighted by Crippen LogP contribution is 2.39. The zero-order valence-corrected chi connectivity index (χ0v) is 21.2. The molecule has 6 nitrogen and oxygen atoms in total. The van der Waals surface area contributed by atoms with Gasteiger partial charge in [-0.15, -0.1) is 11.3 Å². The molecule has 0 unspecified atom stereocenters. The second-order valence-corrected chi connectivity index (χ2v) is 10.4. The SMILES string of the molecule is CN1CCN(Cc2ccc(CNC(=O)c3cc(-c4ccccc4)c(N4CCOCC4)s3)cc2)CC1. The fourth-order valence-corrected chi connectivity index (χ4v) is 5.76. The third-order valence-electron chi connectivity index (χ3n) is 6.80. The fourth-order valence-electron chi connectivity index (χ4n) is 4.62. The Morgan fingerprint density at radius 3 is 2.31 bits per heavy atom. The molecule has 2 fully saturated rings. The van der Waals surface area contributed by atoms with Crippen molar-refractivity contribution < 1.29 is 9.53 Å². The summed E-state index contributed by atoms with van der Waals surface area (Å²) in [7, 11) is 2.18. The molecule has 1 N–H and O–H groups in total. The number of hydrogen-bond donors (Lipinski definition) is 1. The molecule has 0 atom stereocenters. The average Bonchev–Trinajstić information content (AvgIpc) is 3.36. The van der Waals surface area contributed by atoms with Crippen LogP contribution in [0.1, 0.15) is 20.8 Å². The van der Waals surface area contributed by atoms with E-state index in [1.165, 1.54) is 5.56 Å². The first kappa shape index (κ1) is 24.0. The summed E-state index contributed by atoms with van der Waals surface area (Å²) in [6, 6.07) is 21.0. The van der Waals surface area contributed by atoms with Crippen LogP contribution in [-0.4, -0.2) is 75.2 Å². The van der Waals surface area contributed by atoms with Crippen LogP contribution in [0, 0.1) is 0 Å². The molecule has 2 aliphatic heterocycles. The minimum Gasteiger partial charge on any atom is -0.378 e. The zero-order valence-electron chi connectivity index (χ0n) is 20.4. The van der Waals surface area contributed by atoms with E-state index >= 15 is 0 Å². The summed E-state index contributed by atoms with van der Waals surface area (Å²) < 4.78 is 5.54. The fraction of sp³-hybridized carbons (Fsp3) is 0.393. The first-order chi connectivity index (χ1) is 17.2. The molecule has 2 aromatic carbocycles. The van der Waals surface area contributed by atoms with E-state index in [2.05, 4.69) is 63.5 Å². The molecule has 2 saturated heterocycles. The van der Waals surface area contributed by atoms with Gasteiger partial charge in [-0.1, -0.05) is 54.6 Å². The summed E-state index contributed by atoms with van der Waals surface area (Å²) in [5, 5.41) is 4.28. The molecule has 184 valence electrons. The first-order valence-corrected chi connectivity index (χ1v) is 13.3. The summed E-state index contributed by atoms with van der Waals surface area (Å²) in [5.41, 5.74) is 4.70. The average molecular weight is 491 g/mol. The van der Waals surface area contributed by atoms with Gasteiger partial charge in [-0.05, 0) is 29.8 Å². The Hall–Kier alpha value is -2.71. The summed E-state index contributed by atoms with van der Waals surface area (Å²) in [5.74, 6) is -0.0202. The Morgan fingerprint density at radius 1 is 0.914 bits per heavy atom. The number of ether oxygens (including phenoxy) is 1. The molecule has 5 rings (SSSR count). The van der Waals surface area contributed by atoms with Crippen molar-refractivity contribution in [1.82, 2.24) is 15.1 Å². The van der Waals surface area contributed by atoms with Gasteiger partial charge in [0.25, 0.3) is 5.91 Å². The van der Waals surface area contributed by atoms with Crippen LogP contribution >= 0.6 is 11.3 Å². The van der Waals surface area contributed by atoms with Gasteiger partial charge in [0, 0.05) is 57.9 Å². The molecule has 0 aliphatic carbocycles. The summed E-state index contributed by atoms with van der Waals surface area (Å²) in [4.78, 5) is 21.1. The van der Waals surface area contributed by atoms with Crippen molar-refractivity contribution in [3.63, 3.8) is 0 Å². The molecule has 2 aliphatic rings. The number of benzene rings is 2. The highest BCUT2D eigenvalue weighted by Gasteiger charge is 2.22. The minimum atomic E-state index is -0.0202. The largest absolute Gasteiger partial charge is 0.378 e. The molecule has 1 aromatic heterocycles. The number of carbonyl (C=O) groups excluding carboxylic acids is 1. The number of thiophene rings is 1. The number of amides is 1. The van der Waals surface area contributed by atoms with Crippen LogP contribution in [0.5, 0.6) is 0 Å². The van der Waals surface area contributed by atoms with Gasteiger partial charge in [-0.3, -0.25) is 9.69 Å².